The van der Waals surface area contributed by atoms with Crippen LogP contribution in [0.15, 0.2) is 24.3 Å². The number of allylic oxidation sites excluding steroid dienone is 4. The summed E-state index contributed by atoms with van der Waals surface area (Å²) in [6, 6.07) is -0.543. The van der Waals surface area contributed by atoms with E-state index in [4.69, 9.17) is 4.74 Å². The van der Waals surface area contributed by atoms with Gasteiger partial charge in [-0.1, -0.05) is 385 Å². The number of carbonyl (C=O) groups is 2. The summed E-state index contributed by atoms with van der Waals surface area (Å²) in [4.78, 5) is 24.6. The van der Waals surface area contributed by atoms with Crippen molar-refractivity contribution in [2.75, 3.05) is 13.2 Å². The van der Waals surface area contributed by atoms with Crippen LogP contribution >= 0.6 is 0 Å². The van der Waals surface area contributed by atoms with Gasteiger partial charge in [-0.3, -0.25) is 9.59 Å². The zero-order valence-electron chi connectivity index (χ0n) is 56.5. The van der Waals surface area contributed by atoms with Crippen molar-refractivity contribution < 1.29 is 24.5 Å². The second kappa shape index (κ2) is 72.8. The van der Waals surface area contributed by atoms with Crippen LogP contribution in [0.2, 0.25) is 0 Å². The fourth-order valence-corrected chi connectivity index (χ4v) is 12.2. The molecule has 6 heteroatoms. The van der Waals surface area contributed by atoms with Gasteiger partial charge in [0.2, 0.25) is 5.91 Å². The Morgan fingerprint density at radius 2 is 0.602 bits per heavy atom. The van der Waals surface area contributed by atoms with E-state index < -0.39 is 12.1 Å². The lowest BCUT2D eigenvalue weighted by atomic mass is 10.0. The first-order valence-corrected chi connectivity index (χ1v) is 38.1. The lowest BCUT2D eigenvalue weighted by Gasteiger charge is -2.22. The van der Waals surface area contributed by atoms with Gasteiger partial charge >= 0.3 is 5.97 Å². The molecule has 0 saturated heterocycles. The number of nitrogens with one attached hydrogen (secondary N) is 1. The van der Waals surface area contributed by atoms with E-state index in [1.165, 1.54) is 353 Å². The first-order chi connectivity index (χ1) is 41.0. The standard InChI is InChI=1S/C77H149NO5/c1-3-5-7-9-11-13-15-17-19-20-21-22-32-35-38-42-45-49-53-57-61-65-69-75(80)74(73-79)78-76(81)70-66-62-58-54-50-46-43-39-36-33-30-28-26-24-23-25-27-29-31-34-37-40-44-48-52-56-60-64-68-72-83-77(82)71-67-63-59-55-51-47-41-18-16-14-12-10-8-6-4-2/h23,25,29,31,74-75,79-80H,3-22,24,26-28,30,32-73H2,1-2H3,(H,78,81)/b25-23-,31-29-. The molecule has 0 aromatic carbocycles. The van der Waals surface area contributed by atoms with Gasteiger partial charge in [-0.05, 0) is 57.8 Å². The number of carbonyl (C=O) groups excluding carboxylic acids is 2. The average Bonchev–Trinajstić information content (AvgIpc) is 3.49. The lowest BCUT2D eigenvalue weighted by molar-refractivity contribution is -0.143. The second-order valence-corrected chi connectivity index (χ2v) is 26.3. The minimum absolute atomic E-state index is 0.0159. The van der Waals surface area contributed by atoms with Crippen molar-refractivity contribution in [1.82, 2.24) is 5.32 Å². The molecule has 83 heavy (non-hydrogen) atoms. The van der Waals surface area contributed by atoms with Gasteiger partial charge in [-0.25, -0.2) is 0 Å². The second-order valence-electron chi connectivity index (χ2n) is 26.3. The summed E-state index contributed by atoms with van der Waals surface area (Å²) >= 11 is 0. The van der Waals surface area contributed by atoms with Gasteiger partial charge in [-0.2, -0.15) is 0 Å². The fraction of sp³-hybridized carbons (Fsp3) is 0.922. The van der Waals surface area contributed by atoms with E-state index in [1.54, 1.807) is 0 Å². The van der Waals surface area contributed by atoms with Crippen LogP contribution in [0.1, 0.15) is 431 Å². The van der Waals surface area contributed by atoms with Crippen molar-refractivity contribution in [3.8, 4) is 0 Å². The number of hydrogen-bond donors (Lipinski definition) is 3. The average molecular weight is 1170 g/mol. The largest absolute Gasteiger partial charge is 0.466 e. The third kappa shape index (κ3) is 69.3. The molecule has 0 aromatic rings. The monoisotopic (exact) mass is 1170 g/mol. The number of rotatable bonds is 72. The van der Waals surface area contributed by atoms with E-state index in [0.29, 0.717) is 25.9 Å². The SMILES string of the molecule is CCCCCCCCCCCCCCCCCCCCCCCCC(O)C(CO)NC(=O)CCCCCCCCCCCCCCC/C=C\C/C=C\CCCCCCCCCCCOC(=O)CCCCCCCCCCCCCCCCC. The van der Waals surface area contributed by atoms with Crippen LogP contribution in [0.4, 0.5) is 0 Å². The molecule has 0 aliphatic rings. The van der Waals surface area contributed by atoms with Crippen LogP contribution in [-0.2, 0) is 14.3 Å². The van der Waals surface area contributed by atoms with Gasteiger partial charge in [0.25, 0.3) is 0 Å². The zero-order chi connectivity index (χ0) is 59.9. The Bertz CT molecular complexity index is 1300. The van der Waals surface area contributed by atoms with Crippen LogP contribution < -0.4 is 5.32 Å². The van der Waals surface area contributed by atoms with Gasteiger partial charge in [-0.15, -0.1) is 0 Å². The Labute approximate surface area is 520 Å². The number of aliphatic hydroxyl groups is 2. The van der Waals surface area contributed by atoms with Gasteiger partial charge in [0.05, 0.1) is 25.4 Å². The smallest absolute Gasteiger partial charge is 0.305 e. The normalized spacial score (nSPS) is 12.6. The van der Waals surface area contributed by atoms with Crippen LogP contribution in [0.3, 0.4) is 0 Å². The lowest BCUT2D eigenvalue weighted by Crippen LogP contribution is -2.45. The Hall–Kier alpha value is -1.66. The molecule has 0 radical (unpaired) electrons. The fourth-order valence-electron chi connectivity index (χ4n) is 12.2. The maximum atomic E-state index is 12.6. The number of aliphatic hydroxyl groups excluding tert-OH is 2. The Kier molecular flexibility index (Phi) is 71.4. The molecule has 0 fully saturated rings. The molecule has 0 bridgehead atoms. The molecule has 0 aliphatic heterocycles. The van der Waals surface area contributed by atoms with E-state index in [1.807, 2.05) is 0 Å². The van der Waals surface area contributed by atoms with Crippen molar-refractivity contribution in [2.24, 2.45) is 0 Å². The highest BCUT2D eigenvalue weighted by Gasteiger charge is 2.20. The van der Waals surface area contributed by atoms with Crippen LogP contribution in [-0.4, -0.2) is 47.4 Å². The molecule has 0 rings (SSSR count). The van der Waals surface area contributed by atoms with Crippen LogP contribution in [0, 0.1) is 0 Å². The van der Waals surface area contributed by atoms with Gasteiger partial charge in [0.1, 0.15) is 0 Å². The first kappa shape index (κ1) is 81.3. The molecule has 1 amide bonds. The van der Waals surface area contributed by atoms with Gasteiger partial charge < -0.3 is 20.3 Å². The van der Waals surface area contributed by atoms with Crippen LogP contribution in [0.5, 0.6) is 0 Å². The van der Waals surface area contributed by atoms with Crippen molar-refractivity contribution in [3.63, 3.8) is 0 Å². The molecule has 0 aromatic heterocycles. The molecule has 3 N–H and O–H groups in total. The highest BCUT2D eigenvalue weighted by atomic mass is 16.5. The number of ether oxygens (including phenoxy) is 1. The number of esters is 1. The molecule has 0 aliphatic carbocycles. The van der Waals surface area contributed by atoms with E-state index in [2.05, 4.69) is 43.5 Å². The summed E-state index contributed by atoms with van der Waals surface area (Å²) < 4.78 is 5.50. The summed E-state index contributed by atoms with van der Waals surface area (Å²) in [5.74, 6) is -0.0150. The maximum Gasteiger partial charge on any atom is 0.305 e. The number of amides is 1. The van der Waals surface area contributed by atoms with Crippen molar-refractivity contribution in [1.29, 1.82) is 0 Å². The Balaban J connectivity index is 3.39. The summed E-state index contributed by atoms with van der Waals surface area (Å²) in [6.07, 6.45) is 92.5. The quantitative estimate of drug-likeness (QED) is 0.0320. The molecule has 2 atom stereocenters. The van der Waals surface area contributed by atoms with Gasteiger partial charge in [0.15, 0.2) is 0 Å². The topological polar surface area (TPSA) is 95.9 Å². The minimum Gasteiger partial charge on any atom is -0.466 e. The zero-order valence-corrected chi connectivity index (χ0v) is 56.5. The minimum atomic E-state index is -0.666. The number of hydrogen-bond acceptors (Lipinski definition) is 5. The summed E-state index contributed by atoms with van der Waals surface area (Å²) in [5, 5.41) is 23.4. The Morgan fingerprint density at radius 3 is 0.916 bits per heavy atom. The van der Waals surface area contributed by atoms with Crippen molar-refractivity contribution >= 4 is 11.9 Å². The third-order valence-corrected chi connectivity index (χ3v) is 18.0. The van der Waals surface area contributed by atoms with E-state index in [9.17, 15) is 19.8 Å². The Morgan fingerprint density at radius 1 is 0.337 bits per heavy atom. The maximum absolute atomic E-state index is 12.6. The predicted octanol–water partition coefficient (Wildman–Crippen LogP) is 24.9. The number of unbranched alkanes of at least 4 members (excludes halogenated alkanes) is 57. The highest BCUT2D eigenvalue weighted by molar-refractivity contribution is 5.76. The first-order valence-electron chi connectivity index (χ1n) is 38.1. The van der Waals surface area contributed by atoms with Crippen molar-refractivity contribution in [2.45, 2.75) is 443 Å². The van der Waals surface area contributed by atoms with Gasteiger partial charge in [0, 0.05) is 12.8 Å². The molecule has 0 spiro atoms. The summed E-state index contributed by atoms with van der Waals surface area (Å²) in [6.45, 7) is 5.00. The molecule has 0 heterocycles. The third-order valence-electron chi connectivity index (χ3n) is 18.0. The molecule has 492 valence electrons. The van der Waals surface area contributed by atoms with Crippen LogP contribution in [0.25, 0.3) is 0 Å². The van der Waals surface area contributed by atoms with E-state index >= 15 is 0 Å². The highest BCUT2D eigenvalue weighted by Crippen LogP contribution is 2.20. The summed E-state index contributed by atoms with van der Waals surface area (Å²) in [5.41, 5.74) is 0. The van der Waals surface area contributed by atoms with E-state index in [-0.39, 0.29) is 18.5 Å². The van der Waals surface area contributed by atoms with Crippen molar-refractivity contribution in [3.05, 3.63) is 24.3 Å². The van der Waals surface area contributed by atoms with E-state index in [0.717, 1.165) is 44.9 Å². The summed E-state index contributed by atoms with van der Waals surface area (Å²) in [7, 11) is 0. The molecule has 6 nitrogen and oxygen atoms in total. The molecular formula is C77H149NO5. The predicted molar refractivity (Wildman–Crippen MR) is 366 cm³/mol. The molecular weight excluding hydrogens is 1020 g/mol. The molecule has 0 saturated carbocycles. The molecule has 2 unspecified atom stereocenters.